The molecule has 0 bridgehead atoms. The second-order valence-electron chi connectivity index (χ2n) is 5.00. The van der Waals surface area contributed by atoms with Crippen LogP contribution in [0.3, 0.4) is 0 Å². The minimum Gasteiger partial charge on any atom is -0.349 e. The van der Waals surface area contributed by atoms with Crippen molar-refractivity contribution in [3.63, 3.8) is 0 Å². The number of non-ortho nitro benzene ring substituents is 2. The first kappa shape index (κ1) is 19.4. The predicted octanol–water partition coefficient (Wildman–Crippen LogP) is 2.64. The molecular formula is C14H18N4O5S. The average Bonchev–Trinajstić information content (AvgIpc) is 2.53. The number of thiocarbonyl (C=S) groups is 1. The zero-order chi connectivity index (χ0) is 18.3. The summed E-state index contributed by atoms with van der Waals surface area (Å²) < 4.78 is 0. The molecule has 0 aliphatic carbocycles. The average molecular weight is 354 g/mol. The van der Waals surface area contributed by atoms with Crippen LogP contribution in [0.25, 0.3) is 0 Å². The molecule has 0 aliphatic rings. The van der Waals surface area contributed by atoms with E-state index in [0.29, 0.717) is 13.1 Å². The van der Waals surface area contributed by atoms with Crippen LogP contribution >= 0.6 is 12.2 Å². The highest BCUT2D eigenvalue weighted by atomic mass is 32.1. The molecule has 130 valence electrons. The molecule has 10 heteroatoms. The summed E-state index contributed by atoms with van der Waals surface area (Å²) in [5, 5.41) is 24.4. The van der Waals surface area contributed by atoms with Gasteiger partial charge in [-0.2, -0.15) is 0 Å². The van der Waals surface area contributed by atoms with E-state index >= 15 is 0 Å². The third-order valence-corrected chi connectivity index (χ3v) is 3.44. The van der Waals surface area contributed by atoms with E-state index in [2.05, 4.69) is 5.32 Å². The van der Waals surface area contributed by atoms with E-state index in [-0.39, 0.29) is 10.7 Å². The van der Waals surface area contributed by atoms with Crippen molar-refractivity contribution in [3.05, 3.63) is 44.0 Å². The van der Waals surface area contributed by atoms with Gasteiger partial charge in [0.2, 0.25) is 0 Å². The Morgan fingerprint density at radius 3 is 1.92 bits per heavy atom. The minimum absolute atomic E-state index is 0.189. The number of hydrogen-bond acceptors (Lipinski definition) is 6. The van der Waals surface area contributed by atoms with Crippen molar-refractivity contribution < 1.29 is 14.6 Å². The lowest BCUT2D eigenvalue weighted by atomic mass is 10.1. The van der Waals surface area contributed by atoms with Crippen LogP contribution in [0, 0.1) is 20.2 Å². The first-order valence-electron chi connectivity index (χ1n) is 7.34. The first-order chi connectivity index (χ1) is 11.3. The second-order valence-corrected chi connectivity index (χ2v) is 5.39. The number of rotatable bonds is 7. The van der Waals surface area contributed by atoms with E-state index < -0.39 is 27.1 Å². The Hall–Kier alpha value is -2.62. The van der Waals surface area contributed by atoms with Crippen LogP contribution in [-0.2, 0) is 0 Å². The summed E-state index contributed by atoms with van der Waals surface area (Å²) in [7, 11) is 0. The minimum atomic E-state index is -0.789. The van der Waals surface area contributed by atoms with Crippen LogP contribution < -0.4 is 5.32 Å². The van der Waals surface area contributed by atoms with E-state index in [4.69, 9.17) is 12.2 Å². The number of nitrogens with zero attached hydrogens (tertiary/aromatic N) is 3. The van der Waals surface area contributed by atoms with Gasteiger partial charge in [0, 0.05) is 25.2 Å². The van der Waals surface area contributed by atoms with Crippen molar-refractivity contribution in [3.8, 4) is 0 Å². The number of nitro groups is 2. The maximum atomic E-state index is 12.2. The van der Waals surface area contributed by atoms with Gasteiger partial charge in [0.15, 0.2) is 5.11 Å². The second kappa shape index (κ2) is 8.87. The molecule has 1 aromatic rings. The monoisotopic (exact) mass is 354 g/mol. The van der Waals surface area contributed by atoms with Gasteiger partial charge in [0.1, 0.15) is 0 Å². The Morgan fingerprint density at radius 1 is 1.08 bits per heavy atom. The third kappa shape index (κ3) is 5.23. The van der Waals surface area contributed by atoms with Crippen LogP contribution in [-0.4, -0.2) is 38.9 Å². The topological polar surface area (TPSA) is 119 Å². The maximum absolute atomic E-state index is 12.2. The van der Waals surface area contributed by atoms with Gasteiger partial charge < -0.3 is 4.90 Å². The fraction of sp³-hybridized carbons (Fsp3) is 0.429. The molecule has 0 atom stereocenters. The molecule has 0 saturated carbocycles. The van der Waals surface area contributed by atoms with Crippen LogP contribution in [0.5, 0.6) is 0 Å². The summed E-state index contributed by atoms with van der Waals surface area (Å²) >= 11 is 5.18. The fourth-order valence-corrected chi connectivity index (χ4v) is 2.32. The Morgan fingerprint density at radius 2 is 1.54 bits per heavy atom. The lowest BCUT2D eigenvalue weighted by Gasteiger charge is -2.24. The van der Waals surface area contributed by atoms with Gasteiger partial charge in [0.05, 0.1) is 21.5 Å². The lowest BCUT2D eigenvalue weighted by Crippen LogP contribution is -2.43. The highest BCUT2D eigenvalue weighted by molar-refractivity contribution is 7.80. The SMILES string of the molecule is CCCN(CCC)C(=S)NC(=O)c1cc([N+](=O)[O-])cc([N+](=O)[O-])c1. The van der Waals surface area contributed by atoms with Gasteiger partial charge >= 0.3 is 0 Å². The molecule has 0 saturated heterocycles. The van der Waals surface area contributed by atoms with E-state index in [1.165, 1.54) is 0 Å². The zero-order valence-electron chi connectivity index (χ0n) is 13.4. The van der Waals surface area contributed by atoms with E-state index in [1.807, 2.05) is 13.8 Å². The van der Waals surface area contributed by atoms with Gasteiger partial charge in [-0.25, -0.2) is 0 Å². The van der Waals surface area contributed by atoms with Crippen LogP contribution in [0.2, 0.25) is 0 Å². The molecule has 0 aromatic heterocycles. The number of carbonyl (C=O) groups excluding carboxylic acids is 1. The number of benzene rings is 1. The van der Waals surface area contributed by atoms with Crippen molar-refractivity contribution in [1.82, 2.24) is 10.2 Å². The maximum Gasteiger partial charge on any atom is 0.277 e. The summed E-state index contributed by atoms with van der Waals surface area (Å²) in [6.45, 7) is 5.25. The number of amides is 1. The van der Waals surface area contributed by atoms with Crippen LogP contribution in [0.4, 0.5) is 11.4 Å². The van der Waals surface area contributed by atoms with E-state index in [0.717, 1.165) is 31.0 Å². The Bertz CT molecular complexity index is 626. The first-order valence-corrected chi connectivity index (χ1v) is 7.75. The lowest BCUT2D eigenvalue weighted by molar-refractivity contribution is -0.394. The molecule has 0 spiro atoms. The predicted molar refractivity (Wildman–Crippen MR) is 92.0 cm³/mol. The van der Waals surface area contributed by atoms with Crippen molar-refractivity contribution in [2.24, 2.45) is 0 Å². The Labute approximate surface area is 143 Å². The highest BCUT2D eigenvalue weighted by Gasteiger charge is 2.21. The summed E-state index contributed by atoms with van der Waals surface area (Å²) in [5.41, 5.74) is -1.25. The molecule has 1 N–H and O–H groups in total. The summed E-state index contributed by atoms with van der Waals surface area (Å²) in [6, 6.07) is 2.76. The van der Waals surface area contributed by atoms with Crippen molar-refractivity contribution in [2.75, 3.05) is 13.1 Å². The van der Waals surface area contributed by atoms with Gasteiger partial charge in [-0.3, -0.25) is 30.3 Å². The van der Waals surface area contributed by atoms with Crippen molar-refractivity contribution in [2.45, 2.75) is 26.7 Å². The molecule has 1 amide bonds. The normalized spacial score (nSPS) is 10.1. The summed E-state index contributed by atoms with van der Waals surface area (Å²) in [4.78, 5) is 34.2. The molecule has 9 nitrogen and oxygen atoms in total. The van der Waals surface area contributed by atoms with Crippen LogP contribution in [0.1, 0.15) is 37.0 Å². The molecular weight excluding hydrogens is 336 g/mol. The number of carbonyl (C=O) groups is 1. The molecule has 1 aromatic carbocycles. The zero-order valence-corrected chi connectivity index (χ0v) is 14.2. The highest BCUT2D eigenvalue weighted by Crippen LogP contribution is 2.22. The molecule has 1 rings (SSSR count). The molecule has 24 heavy (non-hydrogen) atoms. The third-order valence-electron chi connectivity index (χ3n) is 3.08. The summed E-state index contributed by atoms with van der Waals surface area (Å²) in [5.74, 6) is -0.719. The standard InChI is InChI=1S/C14H18N4O5S/c1-3-5-16(6-4-2)14(24)15-13(19)10-7-11(17(20)21)9-12(8-10)18(22)23/h7-9H,3-6H2,1-2H3,(H,15,19,24). The van der Waals surface area contributed by atoms with Gasteiger partial charge in [0.25, 0.3) is 17.3 Å². The number of nitro benzene ring substituents is 2. The smallest absolute Gasteiger partial charge is 0.277 e. The van der Waals surface area contributed by atoms with Crippen LogP contribution in [0.15, 0.2) is 18.2 Å². The molecule has 0 heterocycles. The summed E-state index contributed by atoms with van der Waals surface area (Å²) in [6.07, 6.45) is 1.66. The van der Waals surface area contributed by atoms with Crippen molar-refractivity contribution in [1.29, 1.82) is 0 Å². The Kier molecular flexibility index (Phi) is 7.18. The fourth-order valence-electron chi connectivity index (χ4n) is 2.04. The molecule has 0 unspecified atom stereocenters. The largest absolute Gasteiger partial charge is 0.349 e. The number of nitrogens with one attached hydrogen (secondary N) is 1. The van der Waals surface area contributed by atoms with Gasteiger partial charge in [-0.15, -0.1) is 0 Å². The molecule has 0 aliphatic heterocycles. The number of hydrogen-bond donors (Lipinski definition) is 1. The Balaban J connectivity index is 3.03. The molecule has 0 radical (unpaired) electrons. The van der Waals surface area contributed by atoms with Gasteiger partial charge in [-0.05, 0) is 25.1 Å². The van der Waals surface area contributed by atoms with E-state index in [9.17, 15) is 25.0 Å². The van der Waals surface area contributed by atoms with Gasteiger partial charge in [-0.1, -0.05) is 13.8 Å². The van der Waals surface area contributed by atoms with E-state index in [1.54, 1.807) is 4.90 Å². The van der Waals surface area contributed by atoms with Crippen molar-refractivity contribution >= 4 is 34.6 Å². The molecule has 0 fully saturated rings. The quantitative estimate of drug-likeness (QED) is 0.454.